The van der Waals surface area contributed by atoms with Gasteiger partial charge in [0.25, 0.3) is 11.8 Å². The molecule has 0 saturated heterocycles. The van der Waals surface area contributed by atoms with Crippen molar-refractivity contribution in [3.8, 4) is 0 Å². The van der Waals surface area contributed by atoms with Crippen molar-refractivity contribution in [2.24, 2.45) is 0 Å². The zero-order valence-electron chi connectivity index (χ0n) is 28.3. The van der Waals surface area contributed by atoms with Gasteiger partial charge in [-0.2, -0.15) is 10.2 Å². The van der Waals surface area contributed by atoms with Crippen LogP contribution in [0.1, 0.15) is 77.0 Å². The molecule has 0 spiro atoms. The molecule has 0 bridgehead atoms. The summed E-state index contributed by atoms with van der Waals surface area (Å²) in [6.45, 7) is 8.36. The fourth-order valence-corrected chi connectivity index (χ4v) is 6.80. The summed E-state index contributed by atoms with van der Waals surface area (Å²) in [6.07, 6.45) is 9.12. The van der Waals surface area contributed by atoms with Crippen molar-refractivity contribution in [3.63, 3.8) is 0 Å². The van der Waals surface area contributed by atoms with Crippen LogP contribution in [0.2, 0.25) is 0 Å². The molecule has 2 amide bonds. The zero-order chi connectivity index (χ0) is 33.9. The van der Waals surface area contributed by atoms with Crippen molar-refractivity contribution in [1.29, 1.82) is 0 Å². The summed E-state index contributed by atoms with van der Waals surface area (Å²) in [4.78, 5) is 37.2. The molecular formula is C37H42N10O2. The number of aromatic nitrogens is 8. The molecule has 12 nitrogen and oxygen atoms in total. The Kier molecular flexibility index (Phi) is 9.10. The van der Waals surface area contributed by atoms with Crippen LogP contribution in [0, 0.1) is 13.8 Å². The van der Waals surface area contributed by atoms with Crippen molar-refractivity contribution in [2.75, 3.05) is 10.6 Å². The number of amides is 2. The van der Waals surface area contributed by atoms with E-state index in [1.54, 1.807) is 9.36 Å². The Hall–Kier alpha value is -5.52. The van der Waals surface area contributed by atoms with Crippen molar-refractivity contribution in [2.45, 2.75) is 85.5 Å². The maximum atomic E-state index is 14.0. The minimum absolute atomic E-state index is 0.200. The number of anilines is 2. The number of hydrogen-bond acceptors (Lipinski definition) is 6. The number of rotatable bonds is 1. The molecule has 7 rings (SSSR count). The normalized spacial score (nSPS) is 16.0. The third kappa shape index (κ3) is 6.50. The molecule has 1 aliphatic rings. The summed E-state index contributed by atoms with van der Waals surface area (Å²) in [5, 5.41) is 15.6. The van der Waals surface area contributed by atoms with Gasteiger partial charge in [0.05, 0.1) is 33.5 Å². The van der Waals surface area contributed by atoms with Crippen LogP contribution in [0.25, 0.3) is 22.1 Å². The van der Waals surface area contributed by atoms with E-state index in [9.17, 15) is 9.59 Å². The predicted molar refractivity (Wildman–Crippen MR) is 191 cm³/mol. The van der Waals surface area contributed by atoms with E-state index < -0.39 is 0 Å². The average Bonchev–Trinajstić information content (AvgIpc) is 3.83. The lowest BCUT2D eigenvalue weighted by Crippen LogP contribution is -2.21. The number of nitrogens with one attached hydrogen (secondary N) is 2. The summed E-state index contributed by atoms with van der Waals surface area (Å²) < 4.78 is 7.73. The number of para-hydroxylation sites is 4. The smallest absolute Gasteiger partial charge is 0.276 e. The van der Waals surface area contributed by atoms with Crippen LogP contribution < -0.4 is 10.6 Å². The topological polar surface area (TPSA) is 129 Å². The Balaban J connectivity index is 1.21. The third-order valence-electron chi connectivity index (χ3n) is 9.16. The van der Waals surface area contributed by atoms with E-state index in [0.29, 0.717) is 49.5 Å². The molecule has 6 aromatic rings. The van der Waals surface area contributed by atoms with Crippen LogP contribution in [0.4, 0.5) is 11.9 Å². The second kappa shape index (κ2) is 13.9. The van der Waals surface area contributed by atoms with Gasteiger partial charge in [-0.05, 0) is 83.2 Å². The first-order valence-corrected chi connectivity index (χ1v) is 17.2. The van der Waals surface area contributed by atoms with Gasteiger partial charge in [-0.3, -0.25) is 29.6 Å². The zero-order valence-corrected chi connectivity index (χ0v) is 28.3. The molecule has 4 aromatic heterocycles. The maximum Gasteiger partial charge on any atom is 0.276 e. The van der Waals surface area contributed by atoms with Crippen molar-refractivity contribution in [1.82, 2.24) is 38.7 Å². The van der Waals surface area contributed by atoms with Gasteiger partial charge in [0.15, 0.2) is 0 Å². The molecule has 12 heteroatoms. The van der Waals surface area contributed by atoms with E-state index >= 15 is 0 Å². The number of carbonyl (C=O) groups excluding carboxylic acids is 2. The molecule has 5 heterocycles. The highest BCUT2D eigenvalue weighted by atomic mass is 16.2. The number of benzene rings is 2. The second-order valence-corrected chi connectivity index (χ2v) is 12.5. The first kappa shape index (κ1) is 32.0. The summed E-state index contributed by atoms with van der Waals surface area (Å²) in [5.74, 6) is 0.621. The molecule has 2 aromatic carbocycles. The first-order valence-electron chi connectivity index (χ1n) is 17.2. The van der Waals surface area contributed by atoms with E-state index in [-0.39, 0.29) is 11.8 Å². The van der Waals surface area contributed by atoms with E-state index in [2.05, 4.69) is 37.0 Å². The number of imidazole rings is 2. The molecule has 0 atom stereocenters. The highest BCUT2D eigenvalue weighted by Crippen LogP contribution is 2.25. The lowest BCUT2D eigenvalue weighted by atomic mass is 10.0. The van der Waals surface area contributed by atoms with Gasteiger partial charge in [-0.15, -0.1) is 0 Å². The fraction of sp³-hybridized carbons (Fsp3) is 0.351. The largest absolute Gasteiger partial charge is 0.310 e. The van der Waals surface area contributed by atoms with Gasteiger partial charge in [0.1, 0.15) is 11.4 Å². The van der Waals surface area contributed by atoms with Crippen LogP contribution in [0.3, 0.4) is 0 Å². The quantitative estimate of drug-likeness (QED) is 0.190. The molecular weight excluding hydrogens is 616 g/mol. The van der Waals surface area contributed by atoms with Gasteiger partial charge in [0, 0.05) is 31.7 Å². The summed E-state index contributed by atoms with van der Waals surface area (Å²) in [5.41, 5.74) is 7.31. The lowest BCUT2D eigenvalue weighted by molar-refractivity contribution is 0.100. The highest BCUT2D eigenvalue weighted by Gasteiger charge is 2.24. The summed E-state index contributed by atoms with van der Waals surface area (Å²) in [7, 11) is 0. The van der Waals surface area contributed by atoms with Crippen molar-refractivity contribution >= 4 is 45.8 Å². The summed E-state index contributed by atoms with van der Waals surface area (Å²) in [6, 6.07) is 17.7. The van der Waals surface area contributed by atoms with Gasteiger partial charge in [0.2, 0.25) is 11.9 Å². The van der Waals surface area contributed by atoms with Crippen LogP contribution >= 0.6 is 0 Å². The minimum Gasteiger partial charge on any atom is -0.310 e. The fourth-order valence-electron chi connectivity index (χ4n) is 6.80. The molecule has 252 valence electrons. The molecule has 49 heavy (non-hydrogen) atoms. The number of aryl methyl sites for hydroxylation is 6. The van der Waals surface area contributed by atoms with Crippen molar-refractivity contribution < 1.29 is 9.59 Å². The Labute approximate surface area is 284 Å². The molecule has 0 fully saturated rings. The number of fused-ring (bicyclic) bond motifs is 8. The number of nitrogens with zero attached hydrogens (tertiary/aromatic N) is 8. The van der Waals surface area contributed by atoms with Crippen molar-refractivity contribution in [3.05, 3.63) is 95.1 Å². The number of allylic oxidation sites excluding steroid dienone is 2. The van der Waals surface area contributed by atoms with Crippen LogP contribution in [0.15, 0.2) is 66.7 Å². The van der Waals surface area contributed by atoms with Crippen LogP contribution in [-0.2, 0) is 32.6 Å². The van der Waals surface area contributed by atoms with Gasteiger partial charge >= 0.3 is 0 Å². The Morgan fingerprint density at radius 1 is 0.735 bits per heavy atom. The molecule has 0 radical (unpaired) electrons. The van der Waals surface area contributed by atoms with E-state index in [1.165, 1.54) is 0 Å². The molecule has 0 aliphatic carbocycles. The molecule has 2 N–H and O–H groups in total. The highest BCUT2D eigenvalue weighted by molar-refractivity contribution is 6.04. The van der Waals surface area contributed by atoms with Gasteiger partial charge in [-0.1, -0.05) is 42.8 Å². The minimum atomic E-state index is -0.229. The monoisotopic (exact) mass is 658 g/mol. The Morgan fingerprint density at radius 3 is 1.98 bits per heavy atom. The molecule has 0 unspecified atom stereocenters. The van der Waals surface area contributed by atoms with Crippen LogP contribution in [-0.4, -0.2) is 50.5 Å². The first-order chi connectivity index (χ1) is 23.9. The van der Waals surface area contributed by atoms with Crippen LogP contribution in [0.5, 0.6) is 0 Å². The predicted octanol–water partition coefficient (Wildman–Crippen LogP) is 6.68. The SMILES string of the molecule is CCn1nc(C)c2c1C(=O)Nc1nc3ccccc3n1CC/C=C/CCn1c(nc3ccccc31)NC(=O)c1cc(C)nn1CCCCC2. The number of carbonyl (C=O) groups is 2. The average molecular weight is 659 g/mol. The Morgan fingerprint density at radius 2 is 1.35 bits per heavy atom. The maximum absolute atomic E-state index is 14.0. The van der Waals surface area contributed by atoms with E-state index in [0.717, 1.165) is 77.5 Å². The number of hydrogen-bond donors (Lipinski definition) is 2. The lowest BCUT2D eigenvalue weighted by Gasteiger charge is -2.12. The summed E-state index contributed by atoms with van der Waals surface area (Å²) >= 11 is 0. The molecule has 1 aliphatic heterocycles. The molecule has 0 saturated carbocycles. The van der Waals surface area contributed by atoms with Gasteiger partial charge in [-0.25, -0.2) is 9.97 Å². The second-order valence-electron chi connectivity index (χ2n) is 12.5. The third-order valence-corrected chi connectivity index (χ3v) is 9.16. The van der Waals surface area contributed by atoms with E-state index in [1.807, 2.05) is 75.4 Å². The van der Waals surface area contributed by atoms with Gasteiger partial charge < -0.3 is 9.13 Å². The Bertz CT molecular complexity index is 2180. The van der Waals surface area contributed by atoms with E-state index in [4.69, 9.17) is 15.1 Å². The standard InChI is InChI=1S/C37H42N10O2/c1-4-46-33-27(26(3)43-46)16-8-7-15-23-47-32(24-25(2)42-47)34(48)40-36-38-28-17-9-11-19-30(28)44(36)21-13-5-6-14-22-45-31-20-12-10-18-29(31)39-37(45)41-35(33)49/h5-6,9-12,17-20,24H,4,7-8,13-16,21-23H2,1-3H3,(H,38,40,48)(H,39,41,49)/b6-5+.